The molecule has 0 bridgehead atoms. The van der Waals surface area contributed by atoms with E-state index in [2.05, 4.69) is 80.7 Å². The van der Waals surface area contributed by atoms with Crippen molar-refractivity contribution < 1.29 is 9.53 Å². The number of aromatic nitrogens is 2. The SMILES string of the molecule is O=C(CSc1nnc(N2CCOCC2)s1)N1CCN(C(c2ccccc2)c2ccccc2)CC1. The summed E-state index contributed by atoms with van der Waals surface area (Å²) in [6.45, 7) is 6.32. The van der Waals surface area contributed by atoms with Crippen LogP contribution in [0.15, 0.2) is 65.0 Å². The van der Waals surface area contributed by atoms with Crippen molar-refractivity contribution in [2.45, 2.75) is 10.4 Å². The van der Waals surface area contributed by atoms with Crippen molar-refractivity contribution in [2.75, 3.05) is 63.1 Å². The van der Waals surface area contributed by atoms with E-state index in [4.69, 9.17) is 4.74 Å². The molecule has 9 heteroatoms. The third kappa shape index (κ3) is 5.60. The van der Waals surface area contributed by atoms with E-state index < -0.39 is 0 Å². The molecule has 7 nitrogen and oxygen atoms in total. The van der Waals surface area contributed by atoms with Gasteiger partial charge in [-0.05, 0) is 11.1 Å². The number of nitrogens with zero attached hydrogens (tertiary/aromatic N) is 5. The summed E-state index contributed by atoms with van der Waals surface area (Å²) in [6, 6.07) is 21.5. The second kappa shape index (κ2) is 11.3. The summed E-state index contributed by atoms with van der Waals surface area (Å²) in [6.07, 6.45) is 0. The maximum atomic E-state index is 12.9. The zero-order valence-corrected chi connectivity index (χ0v) is 20.7. The van der Waals surface area contributed by atoms with Gasteiger partial charge in [0.05, 0.1) is 25.0 Å². The third-order valence-corrected chi connectivity index (χ3v) is 8.36. The average Bonchev–Trinajstić information content (AvgIpc) is 3.39. The van der Waals surface area contributed by atoms with Crippen molar-refractivity contribution in [2.24, 2.45) is 0 Å². The minimum Gasteiger partial charge on any atom is -0.378 e. The topological polar surface area (TPSA) is 61.8 Å². The van der Waals surface area contributed by atoms with Crippen molar-refractivity contribution in [3.63, 3.8) is 0 Å². The molecular weight excluding hydrogens is 466 g/mol. The van der Waals surface area contributed by atoms with Crippen molar-refractivity contribution in [1.29, 1.82) is 0 Å². The van der Waals surface area contributed by atoms with Crippen LogP contribution in [0.25, 0.3) is 0 Å². The minimum atomic E-state index is 0.170. The highest BCUT2D eigenvalue weighted by Crippen LogP contribution is 2.31. The van der Waals surface area contributed by atoms with Crippen LogP contribution in [0.3, 0.4) is 0 Å². The molecule has 0 saturated carbocycles. The van der Waals surface area contributed by atoms with Crippen molar-refractivity contribution in [3.05, 3.63) is 71.8 Å². The number of piperazine rings is 1. The summed E-state index contributed by atoms with van der Waals surface area (Å²) in [5.74, 6) is 0.571. The van der Waals surface area contributed by atoms with Gasteiger partial charge in [-0.2, -0.15) is 0 Å². The van der Waals surface area contributed by atoms with Gasteiger partial charge < -0.3 is 14.5 Å². The zero-order valence-electron chi connectivity index (χ0n) is 19.1. The van der Waals surface area contributed by atoms with Crippen molar-refractivity contribution >= 4 is 34.1 Å². The molecule has 2 fully saturated rings. The molecule has 0 N–H and O–H groups in total. The fourth-order valence-corrected chi connectivity index (χ4v) is 6.27. The number of hydrogen-bond donors (Lipinski definition) is 0. The molecule has 0 radical (unpaired) electrons. The van der Waals surface area contributed by atoms with Crippen LogP contribution >= 0.6 is 23.1 Å². The fraction of sp³-hybridized carbons (Fsp3) is 0.400. The van der Waals surface area contributed by atoms with Crippen LogP contribution in [-0.4, -0.2) is 84.1 Å². The van der Waals surface area contributed by atoms with Crippen LogP contribution in [0.2, 0.25) is 0 Å². The summed E-state index contributed by atoms with van der Waals surface area (Å²) in [5.41, 5.74) is 2.58. The molecule has 3 heterocycles. The molecule has 0 unspecified atom stereocenters. The molecular formula is C25H29N5O2S2. The number of anilines is 1. The number of carbonyl (C=O) groups is 1. The second-order valence-electron chi connectivity index (χ2n) is 8.38. The standard InChI is InChI=1S/C25H29N5O2S2/c31-22(19-33-25-27-26-24(34-25)30-15-17-32-18-16-30)28-11-13-29(14-12-28)23(20-7-3-1-4-8-20)21-9-5-2-6-10-21/h1-10,23H,11-19H2. The highest BCUT2D eigenvalue weighted by atomic mass is 32.2. The first-order valence-corrected chi connectivity index (χ1v) is 13.5. The lowest BCUT2D eigenvalue weighted by Gasteiger charge is -2.39. The minimum absolute atomic E-state index is 0.170. The number of ether oxygens (including phenoxy) is 1. The largest absolute Gasteiger partial charge is 0.378 e. The van der Waals surface area contributed by atoms with Crippen LogP contribution in [0.4, 0.5) is 5.13 Å². The Morgan fingerprint density at radius 2 is 1.50 bits per heavy atom. The quantitative estimate of drug-likeness (QED) is 0.466. The second-order valence-corrected chi connectivity index (χ2v) is 10.6. The lowest BCUT2D eigenvalue weighted by atomic mass is 9.96. The maximum Gasteiger partial charge on any atom is 0.233 e. The van der Waals surface area contributed by atoms with Crippen LogP contribution in [0, 0.1) is 0 Å². The highest BCUT2D eigenvalue weighted by molar-refractivity contribution is 8.01. The molecule has 1 aromatic heterocycles. The molecule has 34 heavy (non-hydrogen) atoms. The maximum absolute atomic E-state index is 12.9. The lowest BCUT2D eigenvalue weighted by Crippen LogP contribution is -2.50. The molecule has 2 aliphatic rings. The number of rotatable bonds is 7. The Kier molecular flexibility index (Phi) is 7.75. The summed E-state index contributed by atoms with van der Waals surface area (Å²) in [4.78, 5) is 19.6. The van der Waals surface area contributed by atoms with E-state index in [0.29, 0.717) is 5.75 Å². The van der Waals surface area contributed by atoms with E-state index in [1.54, 1.807) is 11.3 Å². The Morgan fingerprint density at radius 1 is 0.882 bits per heavy atom. The zero-order chi connectivity index (χ0) is 23.2. The van der Waals surface area contributed by atoms with Gasteiger partial charge in [-0.25, -0.2) is 0 Å². The van der Waals surface area contributed by atoms with Gasteiger partial charge in [0, 0.05) is 39.3 Å². The number of hydrogen-bond acceptors (Lipinski definition) is 8. The number of thioether (sulfide) groups is 1. The number of morpholine rings is 1. The number of carbonyl (C=O) groups excluding carboxylic acids is 1. The Morgan fingerprint density at radius 3 is 2.12 bits per heavy atom. The van der Waals surface area contributed by atoms with Crippen molar-refractivity contribution in [3.8, 4) is 0 Å². The summed E-state index contributed by atoms with van der Waals surface area (Å²) < 4.78 is 6.25. The van der Waals surface area contributed by atoms with Gasteiger partial charge in [-0.15, -0.1) is 10.2 Å². The first-order chi connectivity index (χ1) is 16.8. The van der Waals surface area contributed by atoms with Gasteiger partial charge in [-0.1, -0.05) is 83.8 Å². The van der Waals surface area contributed by atoms with Crippen LogP contribution in [-0.2, 0) is 9.53 Å². The van der Waals surface area contributed by atoms with Crippen LogP contribution in [0.5, 0.6) is 0 Å². The molecule has 0 aliphatic carbocycles. The Balaban J connectivity index is 1.16. The number of benzene rings is 2. The van der Waals surface area contributed by atoms with E-state index in [0.717, 1.165) is 62.0 Å². The smallest absolute Gasteiger partial charge is 0.233 e. The molecule has 2 aromatic carbocycles. The first-order valence-electron chi connectivity index (χ1n) is 11.7. The fourth-order valence-electron chi connectivity index (χ4n) is 4.47. The summed E-state index contributed by atoms with van der Waals surface area (Å²) in [7, 11) is 0. The predicted octanol–water partition coefficient (Wildman–Crippen LogP) is 3.40. The van der Waals surface area contributed by atoms with E-state index in [9.17, 15) is 4.79 Å². The predicted molar refractivity (Wildman–Crippen MR) is 137 cm³/mol. The van der Waals surface area contributed by atoms with Crippen molar-refractivity contribution in [1.82, 2.24) is 20.0 Å². The molecule has 178 valence electrons. The number of amides is 1. The molecule has 0 atom stereocenters. The van der Waals surface area contributed by atoms with Crippen LogP contribution < -0.4 is 4.90 Å². The molecule has 5 rings (SSSR count). The van der Waals surface area contributed by atoms with E-state index in [1.807, 2.05) is 4.90 Å². The van der Waals surface area contributed by atoms with E-state index >= 15 is 0 Å². The molecule has 3 aromatic rings. The highest BCUT2D eigenvalue weighted by Gasteiger charge is 2.28. The Hall–Kier alpha value is -2.46. The average molecular weight is 496 g/mol. The van der Waals surface area contributed by atoms with Gasteiger partial charge in [0.1, 0.15) is 0 Å². The Bertz CT molecular complexity index is 1010. The van der Waals surface area contributed by atoms with E-state index in [-0.39, 0.29) is 11.9 Å². The van der Waals surface area contributed by atoms with Gasteiger partial charge in [0.2, 0.25) is 11.0 Å². The monoisotopic (exact) mass is 495 g/mol. The van der Waals surface area contributed by atoms with Gasteiger partial charge in [0.15, 0.2) is 4.34 Å². The molecule has 1 amide bonds. The Labute approximate surface area is 208 Å². The first kappa shape index (κ1) is 23.3. The molecule has 2 saturated heterocycles. The lowest BCUT2D eigenvalue weighted by molar-refractivity contribution is -0.130. The normalized spacial score (nSPS) is 17.3. The summed E-state index contributed by atoms with van der Waals surface area (Å²) >= 11 is 3.05. The summed E-state index contributed by atoms with van der Waals surface area (Å²) in [5, 5.41) is 9.50. The van der Waals surface area contributed by atoms with Gasteiger partial charge >= 0.3 is 0 Å². The third-order valence-electron chi connectivity index (χ3n) is 6.26. The van der Waals surface area contributed by atoms with Gasteiger partial charge in [0.25, 0.3) is 0 Å². The molecule has 2 aliphatic heterocycles. The van der Waals surface area contributed by atoms with Gasteiger partial charge in [-0.3, -0.25) is 9.69 Å². The van der Waals surface area contributed by atoms with E-state index in [1.165, 1.54) is 22.9 Å². The molecule has 0 spiro atoms. The van der Waals surface area contributed by atoms with Crippen LogP contribution in [0.1, 0.15) is 17.2 Å².